The van der Waals surface area contributed by atoms with E-state index in [0.717, 1.165) is 19.4 Å². The molecular formula is C16H24N4O7. The molecule has 3 aliphatic rings. The SMILES string of the molecule is CC(C)(C)OC(=O)NC1=NC2(CCNC2)C(=O)N1C1CC1.O=C(O)C(=O)O. The minimum atomic E-state index is -1.82. The van der Waals surface area contributed by atoms with E-state index < -0.39 is 29.2 Å². The maximum Gasteiger partial charge on any atom is 0.414 e. The van der Waals surface area contributed by atoms with Crippen molar-refractivity contribution < 1.29 is 34.1 Å². The van der Waals surface area contributed by atoms with Crippen LogP contribution in [0, 0.1) is 0 Å². The van der Waals surface area contributed by atoms with Gasteiger partial charge >= 0.3 is 18.0 Å². The molecule has 0 aromatic heterocycles. The number of rotatable bonds is 1. The zero-order chi connectivity index (χ0) is 20.4. The smallest absolute Gasteiger partial charge is 0.414 e. The molecule has 0 aromatic carbocycles. The molecule has 2 amide bonds. The number of aliphatic carboxylic acids is 2. The molecule has 11 nitrogen and oxygen atoms in total. The van der Waals surface area contributed by atoms with Crippen molar-refractivity contribution >= 4 is 29.9 Å². The maximum atomic E-state index is 12.7. The topological polar surface area (TPSA) is 158 Å². The van der Waals surface area contributed by atoms with E-state index in [-0.39, 0.29) is 11.9 Å². The van der Waals surface area contributed by atoms with E-state index in [0.29, 0.717) is 18.9 Å². The predicted octanol–water partition coefficient (Wildman–Crippen LogP) is -0.241. The second-order valence-electron chi connectivity index (χ2n) is 7.54. The molecule has 1 saturated heterocycles. The lowest BCUT2D eigenvalue weighted by molar-refractivity contribution is -0.159. The minimum absolute atomic E-state index is 0.000980. The molecule has 3 rings (SSSR count). The van der Waals surface area contributed by atoms with Gasteiger partial charge in [-0.1, -0.05) is 0 Å². The van der Waals surface area contributed by atoms with Gasteiger partial charge in [-0.3, -0.25) is 15.0 Å². The Bertz CT molecular complexity index is 661. The first kappa shape index (κ1) is 20.6. The van der Waals surface area contributed by atoms with Crippen LogP contribution in [0.25, 0.3) is 0 Å². The second kappa shape index (κ2) is 7.51. The number of hydrogen-bond donors (Lipinski definition) is 4. The van der Waals surface area contributed by atoms with Gasteiger partial charge in [0.25, 0.3) is 5.91 Å². The van der Waals surface area contributed by atoms with Gasteiger partial charge in [0.2, 0.25) is 5.96 Å². The summed E-state index contributed by atoms with van der Waals surface area (Å²) in [5.41, 5.74) is -1.31. The summed E-state index contributed by atoms with van der Waals surface area (Å²) < 4.78 is 5.25. The van der Waals surface area contributed by atoms with E-state index in [1.807, 2.05) is 0 Å². The number of carbonyl (C=O) groups is 4. The molecule has 0 radical (unpaired) electrons. The number of aliphatic imine (C=N–C) groups is 1. The van der Waals surface area contributed by atoms with Crippen molar-refractivity contribution in [3.63, 3.8) is 0 Å². The van der Waals surface area contributed by atoms with Crippen molar-refractivity contribution in [2.75, 3.05) is 13.1 Å². The number of carbonyl (C=O) groups excluding carboxylic acids is 2. The normalized spacial score (nSPS) is 24.2. The molecule has 1 saturated carbocycles. The fraction of sp³-hybridized carbons (Fsp3) is 0.688. The number of ether oxygens (including phenoxy) is 1. The highest BCUT2D eigenvalue weighted by Gasteiger charge is 2.54. The van der Waals surface area contributed by atoms with Crippen molar-refractivity contribution in [1.82, 2.24) is 15.5 Å². The van der Waals surface area contributed by atoms with Crippen molar-refractivity contribution in [2.24, 2.45) is 4.99 Å². The molecule has 2 aliphatic heterocycles. The van der Waals surface area contributed by atoms with Crippen LogP contribution in [0.15, 0.2) is 4.99 Å². The Morgan fingerprint density at radius 3 is 2.26 bits per heavy atom. The number of nitrogens with one attached hydrogen (secondary N) is 2. The lowest BCUT2D eigenvalue weighted by Crippen LogP contribution is -2.49. The Morgan fingerprint density at radius 1 is 1.26 bits per heavy atom. The summed E-state index contributed by atoms with van der Waals surface area (Å²) in [6.45, 7) is 6.71. The molecule has 11 heteroatoms. The van der Waals surface area contributed by atoms with Gasteiger partial charge in [-0.2, -0.15) is 0 Å². The number of carboxylic acid groups (broad SMARTS) is 2. The fourth-order valence-corrected chi connectivity index (χ4v) is 2.74. The van der Waals surface area contributed by atoms with Crippen molar-refractivity contribution in [2.45, 2.75) is 57.2 Å². The first-order valence-electron chi connectivity index (χ1n) is 8.56. The van der Waals surface area contributed by atoms with Crippen LogP contribution in [-0.2, 0) is 19.1 Å². The fourth-order valence-electron chi connectivity index (χ4n) is 2.74. The van der Waals surface area contributed by atoms with E-state index in [2.05, 4.69) is 15.6 Å². The molecule has 1 unspecified atom stereocenters. The van der Waals surface area contributed by atoms with E-state index in [9.17, 15) is 9.59 Å². The first-order valence-corrected chi connectivity index (χ1v) is 8.56. The van der Waals surface area contributed by atoms with Crippen LogP contribution in [0.4, 0.5) is 4.79 Å². The van der Waals surface area contributed by atoms with Crippen LogP contribution in [0.5, 0.6) is 0 Å². The number of carboxylic acids is 2. The molecule has 0 bridgehead atoms. The van der Waals surface area contributed by atoms with Crippen LogP contribution in [0.1, 0.15) is 40.0 Å². The molecule has 1 aliphatic carbocycles. The Balaban J connectivity index is 0.000000380. The van der Waals surface area contributed by atoms with E-state index >= 15 is 0 Å². The summed E-state index contributed by atoms with van der Waals surface area (Å²) in [4.78, 5) is 49.0. The third-order valence-electron chi connectivity index (χ3n) is 4.01. The largest absolute Gasteiger partial charge is 0.473 e. The van der Waals surface area contributed by atoms with E-state index in [1.54, 1.807) is 25.7 Å². The van der Waals surface area contributed by atoms with Crippen molar-refractivity contribution in [3.05, 3.63) is 0 Å². The average Bonchev–Trinajstić information content (AvgIpc) is 3.17. The number of guanidine groups is 1. The van der Waals surface area contributed by atoms with Crippen molar-refractivity contribution in [3.8, 4) is 0 Å². The third-order valence-corrected chi connectivity index (χ3v) is 4.01. The molecule has 1 atom stereocenters. The molecule has 27 heavy (non-hydrogen) atoms. The molecule has 150 valence electrons. The first-order chi connectivity index (χ1) is 12.4. The summed E-state index contributed by atoms with van der Waals surface area (Å²) in [5, 5.41) is 20.6. The molecular weight excluding hydrogens is 360 g/mol. The quantitative estimate of drug-likeness (QED) is 0.451. The summed E-state index contributed by atoms with van der Waals surface area (Å²) in [5.74, 6) is -3.30. The highest BCUT2D eigenvalue weighted by Crippen LogP contribution is 2.36. The molecule has 4 N–H and O–H groups in total. The van der Waals surface area contributed by atoms with Gasteiger partial charge in [0.05, 0.1) is 0 Å². The molecule has 2 heterocycles. The molecule has 2 fully saturated rings. The average molecular weight is 384 g/mol. The highest BCUT2D eigenvalue weighted by atomic mass is 16.6. The van der Waals surface area contributed by atoms with Gasteiger partial charge in [-0.15, -0.1) is 0 Å². The van der Waals surface area contributed by atoms with Gasteiger partial charge in [-0.05, 0) is 46.6 Å². The summed E-state index contributed by atoms with van der Waals surface area (Å²) >= 11 is 0. The minimum Gasteiger partial charge on any atom is -0.473 e. The molecule has 1 spiro atoms. The summed E-state index contributed by atoms with van der Waals surface area (Å²) in [6, 6.07) is 0.172. The van der Waals surface area contributed by atoms with E-state index in [4.69, 9.17) is 24.5 Å². The van der Waals surface area contributed by atoms with Crippen molar-refractivity contribution in [1.29, 1.82) is 0 Å². The van der Waals surface area contributed by atoms with Gasteiger partial charge in [0.15, 0.2) is 5.54 Å². The lowest BCUT2D eigenvalue weighted by Gasteiger charge is -2.23. The zero-order valence-corrected chi connectivity index (χ0v) is 15.4. The third kappa shape index (κ3) is 5.16. The molecule has 0 aromatic rings. The predicted molar refractivity (Wildman–Crippen MR) is 92.2 cm³/mol. The Morgan fingerprint density at radius 2 is 1.85 bits per heavy atom. The number of amides is 2. The number of hydrogen-bond acceptors (Lipinski definition) is 7. The van der Waals surface area contributed by atoms with Gasteiger partial charge < -0.3 is 20.3 Å². The van der Waals surface area contributed by atoms with Gasteiger partial charge in [0, 0.05) is 12.6 Å². The van der Waals surface area contributed by atoms with Crippen LogP contribution < -0.4 is 10.6 Å². The summed E-state index contributed by atoms with van der Waals surface area (Å²) in [7, 11) is 0. The zero-order valence-electron chi connectivity index (χ0n) is 15.4. The Hall–Kier alpha value is -2.69. The number of alkyl carbamates (subject to hydrolysis) is 1. The summed E-state index contributed by atoms with van der Waals surface area (Å²) in [6.07, 6.45) is 2.03. The Labute approximate surface area is 155 Å². The number of nitrogens with zero attached hydrogens (tertiary/aromatic N) is 2. The maximum absolute atomic E-state index is 12.7. The van der Waals surface area contributed by atoms with E-state index in [1.165, 1.54) is 0 Å². The van der Waals surface area contributed by atoms with Crippen LogP contribution >= 0.6 is 0 Å². The Kier molecular flexibility index (Phi) is 5.73. The van der Waals surface area contributed by atoms with Crippen LogP contribution in [-0.4, -0.2) is 75.3 Å². The monoisotopic (exact) mass is 384 g/mol. The second-order valence-corrected chi connectivity index (χ2v) is 7.54. The van der Waals surface area contributed by atoms with Gasteiger partial charge in [0.1, 0.15) is 5.60 Å². The standard InChI is InChI=1S/C14H22N4O3.C2H2O4/c1-13(2,3)21-12(20)16-11-17-14(6-7-15-8-14)10(19)18(11)9-4-5-9;3-1(4)2(5)6/h9,15H,4-8H2,1-3H3,(H,16,17,20);(H,3,4)(H,5,6). The lowest BCUT2D eigenvalue weighted by atomic mass is 9.99. The highest BCUT2D eigenvalue weighted by molar-refractivity contribution is 6.27. The van der Waals surface area contributed by atoms with Gasteiger partial charge in [-0.25, -0.2) is 19.4 Å². The van der Waals surface area contributed by atoms with Crippen LogP contribution in [0.3, 0.4) is 0 Å². The van der Waals surface area contributed by atoms with Crippen LogP contribution in [0.2, 0.25) is 0 Å².